The summed E-state index contributed by atoms with van der Waals surface area (Å²) in [6.45, 7) is 0. The summed E-state index contributed by atoms with van der Waals surface area (Å²) in [5.74, 6) is -1.56. The molecule has 6 nitrogen and oxygen atoms in total. The van der Waals surface area contributed by atoms with Crippen molar-refractivity contribution >= 4 is 29.6 Å². The van der Waals surface area contributed by atoms with Crippen LogP contribution in [0.15, 0.2) is 54.1 Å². The minimum Gasteiger partial charge on any atom is -0.497 e. The zero-order chi connectivity index (χ0) is 18.0. The Hall–Kier alpha value is -3.48. The van der Waals surface area contributed by atoms with E-state index in [1.165, 1.54) is 43.5 Å². The molecule has 2 aromatic carbocycles. The molecule has 4 amide bonds. The van der Waals surface area contributed by atoms with E-state index in [0.29, 0.717) is 11.3 Å². The summed E-state index contributed by atoms with van der Waals surface area (Å²) in [5.41, 5.74) is 0.494. The molecule has 1 aliphatic rings. The van der Waals surface area contributed by atoms with E-state index in [1.54, 1.807) is 18.2 Å². The van der Waals surface area contributed by atoms with Crippen molar-refractivity contribution in [1.82, 2.24) is 5.32 Å². The molecule has 1 fully saturated rings. The summed E-state index contributed by atoms with van der Waals surface area (Å²) in [6, 6.07) is 10.8. The van der Waals surface area contributed by atoms with Crippen molar-refractivity contribution in [3.05, 3.63) is 65.5 Å². The second-order valence-electron chi connectivity index (χ2n) is 5.21. The minimum absolute atomic E-state index is 0.228. The number of benzene rings is 2. The third-order valence-electron chi connectivity index (χ3n) is 3.59. The first kappa shape index (κ1) is 16.4. The number of carbonyl (C=O) groups excluding carboxylic acids is 3. The molecule has 1 N–H and O–H groups in total. The first-order valence-corrected chi connectivity index (χ1v) is 7.30. The van der Waals surface area contributed by atoms with Gasteiger partial charge >= 0.3 is 6.03 Å². The molecule has 0 aliphatic carbocycles. The number of ether oxygens (including phenoxy) is 1. The Morgan fingerprint density at radius 1 is 1.08 bits per heavy atom. The van der Waals surface area contributed by atoms with Gasteiger partial charge in [0.15, 0.2) is 0 Å². The summed E-state index contributed by atoms with van der Waals surface area (Å²) < 4.78 is 18.1. The molecule has 0 radical (unpaired) electrons. The van der Waals surface area contributed by atoms with Gasteiger partial charge in [0.1, 0.15) is 17.1 Å². The van der Waals surface area contributed by atoms with Crippen molar-refractivity contribution in [2.75, 3.05) is 12.0 Å². The molecule has 25 heavy (non-hydrogen) atoms. The van der Waals surface area contributed by atoms with Crippen molar-refractivity contribution in [3.63, 3.8) is 0 Å². The van der Waals surface area contributed by atoms with Crippen LogP contribution in [0.1, 0.15) is 5.56 Å². The molecule has 1 heterocycles. The molecular weight excluding hydrogens is 327 g/mol. The number of hydrogen-bond acceptors (Lipinski definition) is 4. The van der Waals surface area contributed by atoms with E-state index in [1.807, 2.05) is 0 Å². The Labute approximate surface area is 142 Å². The maximum absolute atomic E-state index is 13.0. The van der Waals surface area contributed by atoms with E-state index in [0.717, 1.165) is 4.90 Å². The molecule has 2 aromatic rings. The first-order valence-electron chi connectivity index (χ1n) is 7.30. The largest absolute Gasteiger partial charge is 0.497 e. The lowest BCUT2D eigenvalue weighted by Crippen LogP contribution is -2.54. The van der Waals surface area contributed by atoms with Gasteiger partial charge in [-0.15, -0.1) is 0 Å². The fourth-order valence-corrected chi connectivity index (χ4v) is 2.37. The van der Waals surface area contributed by atoms with Crippen LogP contribution in [0, 0.1) is 5.82 Å². The number of rotatable bonds is 3. The lowest BCUT2D eigenvalue weighted by molar-refractivity contribution is -0.122. The fourth-order valence-electron chi connectivity index (χ4n) is 2.37. The van der Waals surface area contributed by atoms with Crippen LogP contribution in [0.2, 0.25) is 0 Å². The molecule has 0 aromatic heterocycles. The molecule has 1 aliphatic heterocycles. The van der Waals surface area contributed by atoms with Gasteiger partial charge < -0.3 is 4.74 Å². The van der Waals surface area contributed by atoms with Crippen molar-refractivity contribution in [3.8, 4) is 5.75 Å². The van der Waals surface area contributed by atoms with Crippen molar-refractivity contribution in [2.45, 2.75) is 0 Å². The standard InChI is InChI=1S/C18H13FN2O4/c1-25-14-4-2-3-13(10-14)21-17(23)15(16(22)20-18(21)24)9-11-5-7-12(19)8-6-11/h2-10H,1H3,(H,20,22,24)/b15-9-. The molecule has 0 saturated carbocycles. The topological polar surface area (TPSA) is 75.7 Å². The van der Waals surface area contributed by atoms with Crippen LogP contribution in [0.4, 0.5) is 14.9 Å². The van der Waals surface area contributed by atoms with Crippen LogP contribution in [0.5, 0.6) is 5.75 Å². The second kappa shape index (κ2) is 6.56. The van der Waals surface area contributed by atoms with Gasteiger partial charge in [0, 0.05) is 6.07 Å². The Kier molecular flexibility index (Phi) is 4.30. The van der Waals surface area contributed by atoms with Crippen LogP contribution in [0.25, 0.3) is 6.08 Å². The van der Waals surface area contributed by atoms with Crippen LogP contribution < -0.4 is 15.0 Å². The fraction of sp³-hybridized carbons (Fsp3) is 0.0556. The summed E-state index contributed by atoms with van der Waals surface area (Å²) in [4.78, 5) is 37.7. The lowest BCUT2D eigenvalue weighted by Gasteiger charge is -2.26. The average Bonchev–Trinajstić information content (AvgIpc) is 2.60. The number of amides is 4. The maximum Gasteiger partial charge on any atom is 0.335 e. The number of imide groups is 2. The van der Waals surface area contributed by atoms with Gasteiger partial charge in [-0.3, -0.25) is 14.9 Å². The Morgan fingerprint density at radius 3 is 2.48 bits per heavy atom. The van der Waals surface area contributed by atoms with E-state index < -0.39 is 23.7 Å². The number of halogens is 1. The summed E-state index contributed by atoms with van der Waals surface area (Å²) in [7, 11) is 1.46. The molecule has 0 atom stereocenters. The molecule has 126 valence electrons. The lowest BCUT2D eigenvalue weighted by atomic mass is 10.1. The molecule has 0 unspecified atom stereocenters. The van der Waals surface area contributed by atoms with Crippen LogP contribution in [0.3, 0.4) is 0 Å². The highest BCUT2D eigenvalue weighted by molar-refractivity contribution is 6.39. The molecule has 1 saturated heterocycles. The Morgan fingerprint density at radius 2 is 1.80 bits per heavy atom. The number of hydrogen-bond donors (Lipinski definition) is 1. The highest BCUT2D eigenvalue weighted by Crippen LogP contribution is 2.25. The van der Waals surface area contributed by atoms with Crippen molar-refractivity contribution < 1.29 is 23.5 Å². The number of barbiturate groups is 1. The predicted molar refractivity (Wildman–Crippen MR) is 88.4 cm³/mol. The minimum atomic E-state index is -0.848. The molecular formula is C18H13FN2O4. The molecule has 0 bridgehead atoms. The van der Waals surface area contributed by atoms with Crippen molar-refractivity contribution in [2.24, 2.45) is 0 Å². The number of methoxy groups -OCH3 is 1. The zero-order valence-corrected chi connectivity index (χ0v) is 13.2. The number of nitrogens with zero attached hydrogens (tertiary/aromatic N) is 1. The van der Waals surface area contributed by atoms with Gasteiger partial charge in [-0.05, 0) is 35.9 Å². The van der Waals surface area contributed by atoms with Crippen LogP contribution >= 0.6 is 0 Å². The smallest absolute Gasteiger partial charge is 0.335 e. The highest BCUT2D eigenvalue weighted by atomic mass is 19.1. The summed E-state index contributed by atoms with van der Waals surface area (Å²) in [5, 5.41) is 2.12. The third kappa shape index (κ3) is 3.25. The molecule has 7 heteroatoms. The monoisotopic (exact) mass is 340 g/mol. The normalized spacial score (nSPS) is 16.2. The quantitative estimate of drug-likeness (QED) is 0.688. The SMILES string of the molecule is COc1cccc(N2C(=O)NC(=O)/C(=C/c3ccc(F)cc3)C2=O)c1. The van der Waals surface area contributed by atoms with E-state index >= 15 is 0 Å². The number of nitrogens with one attached hydrogen (secondary N) is 1. The van der Waals surface area contributed by atoms with Gasteiger partial charge in [0.05, 0.1) is 12.8 Å². The summed E-state index contributed by atoms with van der Waals surface area (Å²) >= 11 is 0. The zero-order valence-electron chi connectivity index (χ0n) is 13.2. The van der Waals surface area contributed by atoms with E-state index in [2.05, 4.69) is 5.32 Å². The van der Waals surface area contributed by atoms with Crippen LogP contribution in [-0.4, -0.2) is 25.0 Å². The maximum atomic E-state index is 13.0. The van der Waals surface area contributed by atoms with Gasteiger partial charge in [0.2, 0.25) is 0 Å². The van der Waals surface area contributed by atoms with Crippen molar-refractivity contribution in [1.29, 1.82) is 0 Å². The Bertz CT molecular complexity index is 890. The third-order valence-corrected chi connectivity index (χ3v) is 3.59. The number of carbonyl (C=O) groups is 3. The van der Waals surface area contributed by atoms with E-state index in [-0.39, 0.29) is 11.3 Å². The van der Waals surface area contributed by atoms with Gasteiger partial charge in [0.25, 0.3) is 11.8 Å². The van der Waals surface area contributed by atoms with Gasteiger partial charge in [-0.1, -0.05) is 18.2 Å². The number of anilines is 1. The average molecular weight is 340 g/mol. The first-order chi connectivity index (χ1) is 12.0. The van der Waals surface area contributed by atoms with E-state index in [4.69, 9.17) is 4.74 Å². The van der Waals surface area contributed by atoms with Gasteiger partial charge in [-0.25, -0.2) is 14.1 Å². The summed E-state index contributed by atoms with van der Waals surface area (Å²) in [6.07, 6.45) is 1.30. The van der Waals surface area contributed by atoms with E-state index in [9.17, 15) is 18.8 Å². The number of urea groups is 1. The Balaban J connectivity index is 2.00. The molecule has 3 rings (SSSR count). The highest BCUT2D eigenvalue weighted by Gasteiger charge is 2.36. The second-order valence-corrected chi connectivity index (χ2v) is 5.21. The van der Waals surface area contributed by atoms with Crippen LogP contribution in [-0.2, 0) is 9.59 Å². The predicted octanol–water partition coefficient (Wildman–Crippen LogP) is 2.50. The van der Waals surface area contributed by atoms with Gasteiger partial charge in [-0.2, -0.15) is 0 Å². The molecule has 0 spiro atoms.